The first-order chi connectivity index (χ1) is 11.2. The Hall–Kier alpha value is -0.880. The molecule has 0 aromatic heterocycles. The molecule has 2 aliphatic carbocycles. The van der Waals surface area contributed by atoms with Crippen molar-refractivity contribution in [2.75, 3.05) is 32.8 Å². The maximum Gasteiger partial charge on any atom is 0.251 e. The van der Waals surface area contributed by atoms with E-state index in [1.807, 2.05) is 4.90 Å². The number of ether oxygens (including phenoxy) is 1. The number of carbonyl (C=O) groups is 1. The summed E-state index contributed by atoms with van der Waals surface area (Å²) in [6.07, 6.45) is 7.16. The van der Waals surface area contributed by atoms with Gasteiger partial charge in [0.15, 0.2) is 5.11 Å². The van der Waals surface area contributed by atoms with E-state index >= 15 is 0 Å². The second kappa shape index (κ2) is 6.55. The fourth-order valence-corrected chi connectivity index (χ4v) is 5.11. The third-order valence-corrected chi connectivity index (χ3v) is 6.51. The summed E-state index contributed by atoms with van der Waals surface area (Å²) < 4.78 is 5.52. The molecule has 4 atom stereocenters. The zero-order valence-corrected chi connectivity index (χ0v) is 14.5. The highest BCUT2D eigenvalue weighted by Gasteiger charge is 2.40. The summed E-state index contributed by atoms with van der Waals surface area (Å²) in [5.41, 5.74) is 0. The van der Waals surface area contributed by atoms with Gasteiger partial charge in [-0.15, -0.1) is 0 Å². The number of carbonyl (C=O) groups excluding carboxylic acids is 1. The molecule has 4 rings (SSSR count). The van der Waals surface area contributed by atoms with Gasteiger partial charge in [0.25, 0.3) is 5.91 Å². The van der Waals surface area contributed by atoms with Crippen LogP contribution in [0, 0.1) is 11.8 Å². The molecule has 5 nitrogen and oxygen atoms in total. The van der Waals surface area contributed by atoms with Crippen LogP contribution < -0.4 is 5.32 Å². The van der Waals surface area contributed by atoms with Crippen molar-refractivity contribution in [2.24, 2.45) is 11.8 Å². The summed E-state index contributed by atoms with van der Waals surface area (Å²) in [6.45, 7) is 3.93. The Morgan fingerprint density at radius 2 is 1.83 bits per heavy atom. The maximum absolute atomic E-state index is 12.4. The Balaban J connectivity index is 1.24. The highest BCUT2D eigenvalue weighted by molar-refractivity contribution is 7.80. The minimum Gasteiger partial charge on any atom is -0.368 e. The molecule has 1 amide bonds. The molecule has 128 valence electrons. The lowest BCUT2D eigenvalue weighted by atomic mass is 9.95. The van der Waals surface area contributed by atoms with E-state index in [9.17, 15) is 4.79 Å². The van der Waals surface area contributed by atoms with Crippen molar-refractivity contribution in [1.29, 1.82) is 0 Å². The fourth-order valence-electron chi connectivity index (χ4n) is 4.78. The smallest absolute Gasteiger partial charge is 0.251 e. The quantitative estimate of drug-likeness (QED) is 0.771. The number of rotatable bonds is 2. The number of nitrogens with zero attached hydrogens (tertiary/aromatic N) is 2. The lowest BCUT2D eigenvalue weighted by Gasteiger charge is -2.38. The molecule has 0 unspecified atom stereocenters. The largest absolute Gasteiger partial charge is 0.368 e. The number of amides is 1. The molecule has 2 bridgehead atoms. The van der Waals surface area contributed by atoms with Crippen molar-refractivity contribution in [3.63, 3.8) is 0 Å². The first-order valence-corrected chi connectivity index (χ1v) is 9.57. The number of nitrogens with one attached hydrogen (secondary N) is 1. The summed E-state index contributed by atoms with van der Waals surface area (Å²) in [5.74, 6) is 1.94. The Morgan fingerprint density at radius 1 is 1.04 bits per heavy atom. The minimum absolute atomic E-state index is 0.175. The van der Waals surface area contributed by atoms with Gasteiger partial charge in [0.1, 0.15) is 6.10 Å². The maximum atomic E-state index is 12.4. The first-order valence-electron chi connectivity index (χ1n) is 9.16. The summed E-state index contributed by atoms with van der Waals surface area (Å²) in [5, 5.41) is 4.50. The Bertz CT molecular complexity index is 472. The van der Waals surface area contributed by atoms with E-state index in [0.29, 0.717) is 6.04 Å². The molecule has 4 fully saturated rings. The summed E-state index contributed by atoms with van der Waals surface area (Å²) in [6, 6.07) is 0.591. The molecule has 6 heteroatoms. The van der Waals surface area contributed by atoms with Crippen LogP contribution in [0.25, 0.3) is 0 Å². The van der Waals surface area contributed by atoms with E-state index in [0.717, 1.165) is 62.6 Å². The lowest BCUT2D eigenvalue weighted by Crippen LogP contribution is -2.56. The average Bonchev–Trinajstić information content (AvgIpc) is 3.32. The topological polar surface area (TPSA) is 44.8 Å². The van der Waals surface area contributed by atoms with Gasteiger partial charge in [-0.25, -0.2) is 0 Å². The molecule has 23 heavy (non-hydrogen) atoms. The van der Waals surface area contributed by atoms with Crippen LogP contribution in [0.1, 0.15) is 38.5 Å². The van der Waals surface area contributed by atoms with Crippen molar-refractivity contribution < 1.29 is 9.53 Å². The van der Waals surface area contributed by atoms with Gasteiger partial charge in [0, 0.05) is 38.8 Å². The van der Waals surface area contributed by atoms with E-state index in [-0.39, 0.29) is 12.0 Å². The Labute approximate surface area is 143 Å². The van der Waals surface area contributed by atoms with Crippen molar-refractivity contribution in [2.45, 2.75) is 50.7 Å². The van der Waals surface area contributed by atoms with Crippen LogP contribution in [0.4, 0.5) is 0 Å². The van der Waals surface area contributed by atoms with Crippen LogP contribution in [0.15, 0.2) is 0 Å². The monoisotopic (exact) mass is 337 g/mol. The van der Waals surface area contributed by atoms with Crippen LogP contribution >= 0.6 is 12.2 Å². The van der Waals surface area contributed by atoms with Gasteiger partial charge < -0.3 is 19.9 Å². The van der Waals surface area contributed by atoms with Crippen LogP contribution in [0.3, 0.4) is 0 Å². The molecular formula is C17H27N3O2S. The highest BCUT2D eigenvalue weighted by Crippen LogP contribution is 2.44. The van der Waals surface area contributed by atoms with Gasteiger partial charge in [0.05, 0.1) is 0 Å². The third-order valence-electron chi connectivity index (χ3n) is 6.13. The highest BCUT2D eigenvalue weighted by atomic mass is 32.1. The summed E-state index contributed by atoms with van der Waals surface area (Å²) in [7, 11) is 0. The molecule has 1 N–H and O–H groups in total. The normalized spacial score (nSPS) is 36.5. The fraction of sp³-hybridized carbons (Fsp3) is 0.882. The summed E-state index contributed by atoms with van der Waals surface area (Å²) in [4.78, 5) is 16.6. The first kappa shape index (κ1) is 15.6. The van der Waals surface area contributed by atoms with Crippen molar-refractivity contribution in [3.8, 4) is 0 Å². The Kier molecular flexibility index (Phi) is 4.46. The van der Waals surface area contributed by atoms with Gasteiger partial charge in [-0.2, -0.15) is 0 Å². The second-order valence-electron chi connectivity index (χ2n) is 7.54. The van der Waals surface area contributed by atoms with Gasteiger partial charge in [-0.1, -0.05) is 6.42 Å². The lowest BCUT2D eigenvalue weighted by molar-refractivity contribution is -0.142. The van der Waals surface area contributed by atoms with E-state index in [2.05, 4.69) is 10.2 Å². The standard InChI is InChI=1S/C17H27N3O2S/c21-16(15-2-1-9-22-15)19-5-7-20(8-6-19)17(23)18-14-11-12-3-4-13(14)10-12/h12-15H,1-11H2,(H,18,23)/t12-,13-,14-,15+/m0/s1. The van der Waals surface area contributed by atoms with Gasteiger partial charge in [-0.05, 0) is 56.2 Å². The van der Waals surface area contributed by atoms with E-state index < -0.39 is 0 Å². The Morgan fingerprint density at radius 3 is 2.43 bits per heavy atom. The number of piperazine rings is 1. The molecule has 0 spiro atoms. The summed E-state index contributed by atoms with van der Waals surface area (Å²) >= 11 is 5.62. The SMILES string of the molecule is O=C([C@H]1CCCO1)N1CCN(C(=S)N[C@H]2C[C@H]3CC[C@H]2C3)CC1. The van der Waals surface area contributed by atoms with Crippen molar-refractivity contribution in [1.82, 2.24) is 15.1 Å². The molecule has 2 saturated carbocycles. The number of thiocarbonyl (C=S) groups is 1. The molecule has 4 aliphatic rings. The van der Waals surface area contributed by atoms with Crippen LogP contribution in [-0.4, -0.2) is 65.8 Å². The average molecular weight is 337 g/mol. The molecule has 2 saturated heterocycles. The number of fused-ring (bicyclic) bond motifs is 2. The zero-order chi connectivity index (χ0) is 15.8. The molecule has 0 aromatic rings. The van der Waals surface area contributed by atoms with Gasteiger partial charge in [0.2, 0.25) is 0 Å². The van der Waals surface area contributed by atoms with Gasteiger partial charge in [-0.3, -0.25) is 4.79 Å². The zero-order valence-electron chi connectivity index (χ0n) is 13.7. The van der Waals surface area contributed by atoms with Crippen molar-refractivity contribution >= 4 is 23.2 Å². The van der Waals surface area contributed by atoms with E-state index in [1.165, 1.54) is 25.7 Å². The minimum atomic E-state index is -0.194. The molecule has 0 aromatic carbocycles. The predicted molar refractivity (Wildman–Crippen MR) is 92.1 cm³/mol. The molecule has 2 aliphatic heterocycles. The van der Waals surface area contributed by atoms with Crippen LogP contribution in [0.5, 0.6) is 0 Å². The molecule has 2 heterocycles. The predicted octanol–water partition coefficient (Wildman–Crippen LogP) is 1.37. The molecular weight excluding hydrogens is 310 g/mol. The van der Waals surface area contributed by atoms with Gasteiger partial charge >= 0.3 is 0 Å². The van der Waals surface area contributed by atoms with E-state index in [4.69, 9.17) is 17.0 Å². The number of hydrogen-bond acceptors (Lipinski definition) is 3. The van der Waals surface area contributed by atoms with E-state index in [1.54, 1.807) is 0 Å². The second-order valence-corrected chi connectivity index (χ2v) is 7.93. The number of hydrogen-bond donors (Lipinski definition) is 1. The third kappa shape index (κ3) is 3.20. The molecule has 0 radical (unpaired) electrons. The van der Waals surface area contributed by atoms with Crippen LogP contribution in [-0.2, 0) is 9.53 Å². The van der Waals surface area contributed by atoms with Crippen LogP contribution in [0.2, 0.25) is 0 Å². The van der Waals surface area contributed by atoms with Crippen molar-refractivity contribution in [3.05, 3.63) is 0 Å².